The quantitative estimate of drug-likeness (QED) is 0.817. The Bertz CT molecular complexity index is 923. The Morgan fingerprint density at radius 3 is 2.52 bits per heavy atom. The van der Waals surface area contributed by atoms with Crippen molar-refractivity contribution < 1.29 is 27.5 Å². The van der Waals surface area contributed by atoms with Crippen molar-refractivity contribution in [2.45, 2.75) is 32.5 Å². The predicted molar refractivity (Wildman–Crippen MR) is 86.3 cm³/mol. The molecule has 0 aromatic carbocycles. The summed E-state index contributed by atoms with van der Waals surface area (Å²) in [6.07, 6.45) is -5.04. The highest BCUT2D eigenvalue weighted by atomic mass is 19.4. The standard InChI is InChI=1S/C16H14F3N5O3/c1-15(2,3)27-14(26)23-13-9(6-20)4-5-11(22-13)24-12(16(17,18)19)10(8-25)7-21-24/h4-5,7-8H,1-3H3,(H,22,23,26). The summed E-state index contributed by atoms with van der Waals surface area (Å²) >= 11 is 0. The first-order valence-corrected chi connectivity index (χ1v) is 7.48. The van der Waals surface area contributed by atoms with Crippen LogP contribution in [0.25, 0.3) is 5.82 Å². The third kappa shape index (κ3) is 4.60. The van der Waals surface area contributed by atoms with Crippen molar-refractivity contribution in [2.75, 3.05) is 5.32 Å². The minimum atomic E-state index is -4.87. The van der Waals surface area contributed by atoms with Crippen molar-refractivity contribution in [3.63, 3.8) is 0 Å². The number of rotatable bonds is 3. The minimum Gasteiger partial charge on any atom is -0.444 e. The van der Waals surface area contributed by atoms with Gasteiger partial charge in [-0.15, -0.1) is 0 Å². The molecule has 142 valence electrons. The first-order valence-electron chi connectivity index (χ1n) is 7.48. The average Bonchev–Trinajstić information content (AvgIpc) is 2.97. The summed E-state index contributed by atoms with van der Waals surface area (Å²) in [5.74, 6) is -0.652. The number of halogens is 3. The highest BCUT2D eigenvalue weighted by molar-refractivity contribution is 5.85. The summed E-state index contributed by atoms with van der Waals surface area (Å²) in [4.78, 5) is 26.6. The number of carbonyl (C=O) groups excluding carboxylic acids is 2. The third-order valence-electron chi connectivity index (χ3n) is 3.03. The van der Waals surface area contributed by atoms with Gasteiger partial charge in [-0.05, 0) is 32.9 Å². The van der Waals surface area contributed by atoms with Crippen molar-refractivity contribution in [1.82, 2.24) is 14.8 Å². The zero-order chi connectivity index (χ0) is 20.4. The molecule has 8 nitrogen and oxygen atoms in total. The average molecular weight is 381 g/mol. The highest BCUT2D eigenvalue weighted by Crippen LogP contribution is 2.33. The van der Waals surface area contributed by atoms with E-state index in [1.54, 1.807) is 26.8 Å². The van der Waals surface area contributed by atoms with Gasteiger partial charge in [0.2, 0.25) is 0 Å². The molecule has 0 aliphatic heterocycles. The number of nitrogens with one attached hydrogen (secondary N) is 1. The summed E-state index contributed by atoms with van der Waals surface area (Å²) in [6, 6.07) is 4.03. The number of amides is 1. The fourth-order valence-electron chi connectivity index (χ4n) is 2.06. The number of anilines is 1. The maximum absolute atomic E-state index is 13.3. The second-order valence-electron chi connectivity index (χ2n) is 6.28. The number of nitriles is 1. The van der Waals surface area contributed by atoms with Gasteiger partial charge >= 0.3 is 12.3 Å². The van der Waals surface area contributed by atoms with Gasteiger partial charge in [-0.1, -0.05) is 0 Å². The number of nitrogens with zero attached hydrogens (tertiary/aromatic N) is 4. The second kappa shape index (κ2) is 7.06. The second-order valence-corrected chi connectivity index (χ2v) is 6.28. The van der Waals surface area contributed by atoms with E-state index in [-0.39, 0.29) is 23.5 Å². The number of aldehydes is 1. The molecule has 2 aromatic heterocycles. The van der Waals surface area contributed by atoms with Gasteiger partial charge in [-0.25, -0.2) is 14.5 Å². The van der Waals surface area contributed by atoms with E-state index in [1.165, 1.54) is 0 Å². The maximum Gasteiger partial charge on any atom is 0.434 e. The number of hydrogen-bond donors (Lipinski definition) is 1. The Morgan fingerprint density at radius 2 is 2.00 bits per heavy atom. The Hall–Kier alpha value is -3.42. The Kier molecular flexibility index (Phi) is 5.21. The van der Waals surface area contributed by atoms with Crippen LogP contribution < -0.4 is 5.32 Å². The smallest absolute Gasteiger partial charge is 0.434 e. The molecule has 2 aromatic rings. The first-order chi connectivity index (χ1) is 12.5. The van der Waals surface area contributed by atoms with E-state index in [1.807, 2.05) is 0 Å². The van der Waals surface area contributed by atoms with Crippen LogP contribution in [-0.4, -0.2) is 32.7 Å². The normalized spacial score (nSPS) is 11.6. The number of carbonyl (C=O) groups is 2. The molecule has 0 aliphatic rings. The molecule has 0 atom stereocenters. The molecule has 0 saturated heterocycles. The SMILES string of the molecule is CC(C)(C)OC(=O)Nc1nc(-n2ncc(C=O)c2C(F)(F)F)ccc1C#N. The number of alkyl halides is 3. The van der Waals surface area contributed by atoms with Crippen molar-refractivity contribution in [1.29, 1.82) is 5.26 Å². The van der Waals surface area contributed by atoms with E-state index in [2.05, 4.69) is 15.4 Å². The molecule has 0 unspecified atom stereocenters. The van der Waals surface area contributed by atoms with Gasteiger partial charge in [0.1, 0.15) is 11.7 Å². The van der Waals surface area contributed by atoms with E-state index >= 15 is 0 Å². The van der Waals surface area contributed by atoms with Gasteiger partial charge in [0, 0.05) is 0 Å². The third-order valence-corrected chi connectivity index (χ3v) is 3.03. The van der Waals surface area contributed by atoms with E-state index in [9.17, 15) is 22.8 Å². The summed E-state index contributed by atoms with van der Waals surface area (Å²) in [5, 5.41) is 14.9. The zero-order valence-corrected chi connectivity index (χ0v) is 14.5. The molecule has 27 heavy (non-hydrogen) atoms. The lowest BCUT2D eigenvalue weighted by Crippen LogP contribution is -2.28. The Balaban J connectivity index is 2.50. The largest absolute Gasteiger partial charge is 0.444 e. The van der Waals surface area contributed by atoms with Gasteiger partial charge in [-0.2, -0.15) is 23.5 Å². The molecule has 0 bridgehead atoms. The highest BCUT2D eigenvalue weighted by Gasteiger charge is 2.39. The Morgan fingerprint density at radius 1 is 1.33 bits per heavy atom. The number of pyridine rings is 1. The van der Waals surface area contributed by atoms with Crippen molar-refractivity contribution >= 4 is 18.2 Å². The Labute approximate surface area is 151 Å². The van der Waals surface area contributed by atoms with Crippen LogP contribution in [0.15, 0.2) is 18.3 Å². The molecule has 0 spiro atoms. The zero-order valence-electron chi connectivity index (χ0n) is 14.5. The van der Waals surface area contributed by atoms with Crippen LogP contribution in [0.4, 0.5) is 23.8 Å². The molecular weight excluding hydrogens is 367 g/mol. The van der Waals surface area contributed by atoms with Crippen LogP contribution in [-0.2, 0) is 10.9 Å². The van der Waals surface area contributed by atoms with Crippen LogP contribution in [0.2, 0.25) is 0 Å². The fourth-order valence-corrected chi connectivity index (χ4v) is 2.06. The van der Waals surface area contributed by atoms with Crippen molar-refractivity contribution in [3.8, 4) is 11.9 Å². The summed E-state index contributed by atoms with van der Waals surface area (Å²) < 4.78 is 45.2. The summed E-state index contributed by atoms with van der Waals surface area (Å²) in [7, 11) is 0. The van der Waals surface area contributed by atoms with Crippen LogP contribution in [0, 0.1) is 11.3 Å². The molecule has 0 aliphatic carbocycles. The van der Waals surface area contributed by atoms with Gasteiger partial charge in [0.15, 0.2) is 23.6 Å². The summed E-state index contributed by atoms with van der Waals surface area (Å²) in [5.41, 5.74) is -2.92. The molecule has 2 rings (SSSR count). The topological polar surface area (TPSA) is 110 Å². The van der Waals surface area contributed by atoms with E-state index in [0.29, 0.717) is 4.68 Å². The predicted octanol–water partition coefficient (Wildman–Crippen LogP) is 3.32. The van der Waals surface area contributed by atoms with Gasteiger partial charge < -0.3 is 4.74 Å². The molecule has 1 N–H and O–H groups in total. The van der Waals surface area contributed by atoms with Crippen LogP contribution in [0.5, 0.6) is 0 Å². The van der Waals surface area contributed by atoms with Crippen molar-refractivity contribution in [2.24, 2.45) is 0 Å². The molecule has 2 heterocycles. The molecule has 0 saturated carbocycles. The number of hydrogen-bond acceptors (Lipinski definition) is 6. The summed E-state index contributed by atoms with van der Waals surface area (Å²) in [6.45, 7) is 4.84. The van der Waals surface area contributed by atoms with Crippen LogP contribution in [0.3, 0.4) is 0 Å². The molecule has 11 heteroatoms. The molecule has 0 fully saturated rings. The number of aromatic nitrogens is 3. The number of ether oxygens (including phenoxy) is 1. The lowest BCUT2D eigenvalue weighted by molar-refractivity contribution is -0.143. The van der Waals surface area contributed by atoms with Gasteiger partial charge in [-0.3, -0.25) is 10.1 Å². The van der Waals surface area contributed by atoms with Crippen LogP contribution in [0.1, 0.15) is 42.4 Å². The van der Waals surface area contributed by atoms with E-state index < -0.39 is 29.1 Å². The minimum absolute atomic E-state index is 0.0236. The van der Waals surface area contributed by atoms with E-state index in [4.69, 9.17) is 10.00 Å². The first kappa shape index (κ1) is 19.9. The molecular formula is C16H14F3N5O3. The fraction of sp³-hybridized carbons (Fsp3) is 0.312. The maximum atomic E-state index is 13.3. The van der Waals surface area contributed by atoms with E-state index in [0.717, 1.165) is 18.3 Å². The van der Waals surface area contributed by atoms with Gasteiger partial charge in [0.05, 0.1) is 17.3 Å². The lowest BCUT2D eigenvalue weighted by atomic mass is 10.2. The lowest BCUT2D eigenvalue weighted by Gasteiger charge is -2.20. The van der Waals surface area contributed by atoms with Crippen molar-refractivity contribution in [3.05, 3.63) is 35.2 Å². The monoisotopic (exact) mass is 381 g/mol. The van der Waals surface area contributed by atoms with Crippen LogP contribution >= 0.6 is 0 Å². The van der Waals surface area contributed by atoms with Gasteiger partial charge in [0.25, 0.3) is 0 Å². The molecule has 1 amide bonds. The molecule has 0 radical (unpaired) electrons.